The second-order valence-corrected chi connectivity index (χ2v) is 4.47. The van der Waals surface area contributed by atoms with Crippen molar-refractivity contribution in [3.8, 4) is 0 Å². The smallest absolute Gasteiger partial charge is 0.0587 e. The minimum Gasteiger partial charge on any atom is -0.383 e. The first-order chi connectivity index (χ1) is 6.74. The van der Waals surface area contributed by atoms with E-state index in [4.69, 9.17) is 4.74 Å². The van der Waals surface area contributed by atoms with Gasteiger partial charge in [0.25, 0.3) is 0 Å². The van der Waals surface area contributed by atoms with E-state index in [0.29, 0.717) is 6.04 Å². The fraction of sp³-hybridized carbons (Fsp3) is 0.455. The van der Waals surface area contributed by atoms with E-state index >= 15 is 0 Å². The number of hydrogen-bond donors (Lipinski definition) is 1. The molecule has 1 N–H and O–H groups in total. The Morgan fingerprint density at radius 3 is 2.57 bits per heavy atom. The quantitative estimate of drug-likeness (QED) is 0.667. The molecule has 0 fully saturated rings. The maximum Gasteiger partial charge on any atom is 0.0587 e. The van der Waals surface area contributed by atoms with E-state index in [1.54, 1.807) is 7.11 Å². The van der Waals surface area contributed by atoms with Crippen LogP contribution in [0.15, 0.2) is 24.3 Å². The molecule has 0 aliphatic carbocycles. The van der Waals surface area contributed by atoms with Gasteiger partial charge in [0, 0.05) is 23.3 Å². The van der Waals surface area contributed by atoms with E-state index in [2.05, 4.69) is 59.1 Å². The van der Waals surface area contributed by atoms with Crippen molar-refractivity contribution in [3.63, 3.8) is 0 Å². The van der Waals surface area contributed by atoms with Crippen LogP contribution in [0, 0.1) is 3.57 Å². The van der Waals surface area contributed by atoms with Crippen LogP contribution in [-0.2, 0) is 4.74 Å². The van der Waals surface area contributed by atoms with Crippen molar-refractivity contribution in [1.82, 2.24) is 5.32 Å². The van der Waals surface area contributed by atoms with Crippen molar-refractivity contribution in [2.24, 2.45) is 0 Å². The number of methoxy groups -OCH3 is 1. The first-order valence-electron chi connectivity index (χ1n) is 4.72. The van der Waals surface area contributed by atoms with Crippen LogP contribution in [0.2, 0.25) is 0 Å². The molecule has 1 atom stereocenters. The van der Waals surface area contributed by atoms with Crippen LogP contribution in [0.4, 0.5) is 0 Å². The third kappa shape index (κ3) is 3.94. The molecule has 78 valence electrons. The molecule has 0 aromatic heterocycles. The molecule has 0 aliphatic rings. The number of hydrogen-bond acceptors (Lipinski definition) is 2. The Morgan fingerprint density at radius 2 is 2.00 bits per heavy atom. The van der Waals surface area contributed by atoms with E-state index in [1.165, 1.54) is 9.13 Å². The predicted molar refractivity (Wildman–Crippen MR) is 67.5 cm³/mol. The van der Waals surface area contributed by atoms with Gasteiger partial charge in [-0.05, 0) is 47.2 Å². The van der Waals surface area contributed by atoms with Crippen LogP contribution in [0.3, 0.4) is 0 Å². The Balaban J connectivity index is 2.43. The van der Waals surface area contributed by atoms with Gasteiger partial charge < -0.3 is 10.1 Å². The zero-order valence-electron chi connectivity index (χ0n) is 8.59. The predicted octanol–water partition coefficient (Wildman–Crippen LogP) is 2.59. The molecule has 0 bridgehead atoms. The lowest BCUT2D eigenvalue weighted by Crippen LogP contribution is -2.22. The Morgan fingerprint density at radius 1 is 1.36 bits per heavy atom. The van der Waals surface area contributed by atoms with Crippen LogP contribution in [0.1, 0.15) is 18.5 Å². The number of rotatable bonds is 5. The fourth-order valence-corrected chi connectivity index (χ4v) is 1.61. The summed E-state index contributed by atoms with van der Waals surface area (Å²) in [7, 11) is 1.72. The van der Waals surface area contributed by atoms with Crippen LogP contribution >= 0.6 is 22.6 Å². The zero-order chi connectivity index (χ0) is 10.4. The summed E-state index contributed by atoms with van der Waals surface area (Å²) in [5.74, 6) is 0. The van der Waals surface area contributed by atoms with Gasteiger partial charge in [-0.2, -0.15) is 0 Å². The summed E-state index contributed by atoms with van der Waals surface area (Å²) in [5, 5.41) is 3.39. The maximum atomic E-state index is 4.98. The first-order valence-corrected chi connectivity index (χ1v) is 5.79. The number of ether oxygens (including phenoxy) is 1. The molecule has 1 rings (SSSR count). The molecule has 14 heavy (non-hydrogen) atoms. The molecule has 0 unspecified atom stereocenters. The van der Waals surface area contributed by atoms with Crippen molar-refractivity contribution >= 4 is 22.6 Å². The SMILES string of the molecule is COCCN[C@H](C)c1ccc(I)cc1. The van der Waals surface area contributed by atoms with E-state index in [1.807, 2.05) is 0 Å². The van der Waals surface area contributed by atoms with E-state index in [9.17, 15) is 0 Å². The number of benzene rings is 1. The first kappa shape index (κ1) is 11.9. The van der Waals surface area contributed by atoms with Gasteiger partial charge in [0.15, 0.2) is 0 Å². The zero-order valence-corrected chi connectivity index (χ0v) is 10.7. The molecule has 0 amide bonds. The largest absolute Gasteiger partial charge is 0.383 e. The highest BCUT2D eigenvalue weighted by atomic mass is 127. The second kappa shape index (κ2) is 6.37. The lowest BCUT2D eigenvalue weighted by molar-refractivity contribution is 0.196. The lowest BCUT2D eigenvalue weighted by Gasteiger charge is -2.13. The number of nitrogens with one attached hydrogen (secondary N) is 1. The minimum atomic E-state index is 0.391. The van der Waals surface area contributed by atoms with Gasteiger partial charge in [0.05, 0.1) is 6.61 Å². The summed E-state index contributed by atoms with van der Waals surface area (Å²) >= 11 is 2.31. The van der Waals surface area contributed by atoms with E-state index < -0.39 is 0 Å². The molecular formula is C11H16INO. The van der Waals surface area contributed by atoms with Gasteiger partial charge in [-0.1, -0.05) is 12.1 Å². The highest BCUT2D eigenvalue weighted by molar-refractivity contribution is 14.1. The molecule has 0 radical (unpaired) electrons. The molecular weight excluding hydrogens is 289 g/mol. The highest BCUT2D eigenvalue weighted by Gasteiger charge is 2.02. The minimum absolute atomic E-state index is 0.391. The fourth-order valence-electron chi connectivity index (χ4n) is 1.25. The summed E-state index contributed by atoms with van der Waals surface area (Å²) in [6.07, 6.45) is 0. The molecule has 0 aliphatic heterocycles. The molecule has 0 saturated carbocycles. The van der Waals surface area contributed by atoms with Gasteiger partial charge >= 0.3 is 0 Å². The van der Waals surface area contributed by atoms with Crippen LogP contribution in [0.25, 0.3) is 0 Å². The number of halogens is 1. The van der Waals surface area contributed by atoms with Gasteiger partial charge in [-0.15, -0.1) is 0 Å². The van der Waals surface area contributed by atoms with Gasteiger partial charge in [-0.25, -0.2) is 0 Å². The molecule has 0 heterocycles. The van der Waals surface area contributed by atoms with Crippen LogP contribution < -0.4 is 5.32 Å². The van der Waals surface area contributed by atoms with Crippen molar-refractivity contribution in [1.29, 1.82) is 0 Å². The van der Waals surface area contributed by atoms with E-state index in [-0.39, 0.29) is 0 Å². The standard InChI is InChI=1S/C11H16INO/c1-9(13-7-8-14-2)10-3-5-11(12)6-4-10/h3-6,9,13H,7-8H2,1-2H3/t9-/m1/s1. The van der Waals surface area contributed by atoms with E-state index in [0.717, 1.165) is 13.2 Å². The lowest BCUT2D eigenvalue weighted by atomic mass is 10.1. The van der Waals surface area contributed by atoms with Crippen molar-refractivity contribution in [3.05, 3.63) is 33.4 Å². The monoisotopic (exact) mass is 305 g/mol. The van der Waals surface area contributed by atoms with Crippen LogP contribution in [0.5, 0.6) is 0 Å². The summed E-state index contributed by atoms with van der Waals surface area (Å²) in [4.78, 5) is 0. The highest BCUT2D eigenvalue weighted by Crippen LogP contribution is 2.13. The summed E-state index contributed by atoms with van der Waals surface area (Å²) < 4.78 is 6.26. The molecule has 0 spiro atoms. The molecule has 0 saturated heterocycles. The van der Waals surface area contributed by atoms with Crippen molar-refractivity contribution < 1.29 is 4.74 Å². The molecule has 1 aromatic rings. The van der Waals surface area contributed by atoms with Crippen molar-refractivity contribution in [2.45, 2.75) is 13.0 Å². The maximum absolute atomic E-state index is 4.98. The second-order valence-electron chi connectivity index (χ2n) is 3.22. The van der Waals surface area contributed by atoms with Gasteiger partial charge in [0.2, 0.25) is 0 Å². The van der Waals surface area contributed by atoms with Gasteiger partial charge in [-0.3, -0.25) is 0 Å². The summed E-state index contributed by atoms with van der Waals surface area (Å²) in [6, 6.07) is 8.97. The Labute approximate surface area is 99.2 Å². The summed E-state index contributed by atoms with van der Waals surface area (Å²) in [6.45, 7) is 3.82. The van der Waals surface area contributed by atoms with Gasteiger partial charge in [0.1, 0.15) is 0 Å². The van der Waals surface area contributed by atoms with Crippen molar-refractivity contribution in [2.75, 3.05) is 20.3 Å². The Hall–Kier alpha value is -0.130. The third-order valence-corrected chi connectivity index (χ3v) is 2.85. The Bertz CT molecular complexity index is 260. The molecule has 3 heteroatoms. The third-order valence-electron chi connectivity index (χ3n) is 2.13. The topological polar surface area (TPSA) is 21.3 Å². The average Bonchev–Trinajstić information content (AvgIpc) is 2.19. The summed E-state index contributed by atoms with van der Waals surface area (Å²) in [5.41, 5.74) is 1.32. The van der Waals surface area contributed by atoms with Crippen LogP contribution in [-0.4, -0.2) is 20.3 Å². The molecule has 1 aromatic carbocycles. The normalized spacial score (nSPS) is 12.8. The Kier molecular flexibility index (Phi) is 5.44. The average molecular weight is 305 g/mol. The molecule has 2 nitrogen and oxygen atoms in total.